The molecule has 1 rings (SSSR count). The maximum absolute atomic E-state index is 11.6. The second-order valence-electron chi connectivity index (χ2n) is 4.25. The first kappa shape index (κ1) is 16.3. The van der Waals surface area contributed by atoms with Crippen LogP contribution in [0.4, 0.5) is 5.69 Å². The van der Waals surface area contributed by atoms with E-state index in [-0.39, 0.29) is 24.5 Å². The Balaban J connectivity index is 2.28. The maximum Gasteiger partial charge on any atom is 0.306 e. The SMILES string of the molecule is COC(=O)CCS(=O)(=O)CCCOc1cccc(N)c1. The second-order valence-corrected chi connectivity index (χ2v) is 6.56. The molecule has 0 unspecified atom stereocenters. The highest BCUT2D eigenvalue weighted by atomic mass is 32.2. The Labute approximate surface area is 118 Å². The average molecular weight is 301 g/mol. The molecule has 0 bridgehead atoms. The van der Waals surface area contributed by atoms with Gasteiger partial charge in [-0.05, 0) is 18.6 Å². The van der Waals surface area contributed by atoms with Crippen LogP contribution in [0.25, 0.3) is 0 Å². The smallest absolute Gasteiger partial charge is 0.306 e. The van der Waals surface area contributed by atoms with Crippen molar-refractivity contribution in [2.24, 2.45) is 0 Å². The highest BCUT2D eigenvalue weighted by Crippen LogP contribution is 2.14. The van der Waals surface area contributed by atoms with Gasteiger partial charge in [-0.15, -0.1) is 0 Å². The molecule has 0 saturated heterocycles. The molecule has 1 aromatic rings. The Morgan fingerprint density at radius 2 is 2.05 bits per heavy atom. The van der Waals surface area contributed by atoms with E-state index in [0.717, 1.165) is 0 Å². The molecule has 0 fully saturated rings. The fourth-order valence-electron chi connectivity index (χ4n) is 1.52. The standard InChI is InChI=1S/C13H19NO5S/c1-18-13(15)6-9-20(16,17)8-3-7-19-12-5-2-4-11(14)10-12/h2,4-5,10H,3,6-9,14H2,1H3. The minimum Gasteiger partial charge on any atom is -0.493 e. The number of nitrogens with two attached hydrogens (primary N) is 1. The van der Waals surface area contributed by atoms with Gasteiger partial charge in [0.15, 0.2) is 9.84 Å². The van der Waals surface area contributed by atoms with Gasteiger partial charge >= 0.3 is 5.97 Å². The van der Waals surface area contributed by atoms with Gasteiger partial charge in [-0.3, -0.25) is 4.79 Å². The van der Waals surface area contributed by atoms with E-state index in [1.165, 1.54) is 7.11 Å². The van der Waals surface area contributed by atoms with Crippen LogP contribution in [0.3, 0.4) is 0 Å². The molecule has 0 saturated carbocycles. The van der Waals surface area contributed by atoms with Gasteiger partial charge in [0.05, 0.1) is 31.6 Å². The number of nitrogen functional groups attached to an aromatic ring is 1. The van der Waals surface area contributed by atoms with Crippen molar-refractivity contribution >= 4 is 21.5 Å². The van der Waals surface area contributed by atoms with Crippen LogP contribution in [-0.4, -0.2) is 39.6 Å². The largest absolute Gasteiger partial charge is 0.493 e. The molecule has 0 heterocycles. The summed E-state index contributed by atoms with van der Waals surface area (Å²) < 4.78 is 33.1. The monoisotopic (exact) mass is 301 g/mol. The Morgan fingerprint density at radius 3 is 2.70 bits per heavy atom. The predicted molar refractivity (Wildman–Crippen MR) is 76.3 cm³/mol. The molecule has 6 nitrogen and oxygen atoms in total. The third-order valence-corrected chi connectivity index (χ3v) is 4.31. The van der Waals surface area contributed by atoms with Crippen LogP contribution in [0.15, 0.2) is 24.3 Å². The number of rotatable bonds is 8. The summed E-state index contributed by atoms with van der Waals surface area (Å²) in [5.74, 6) is -0.133. The minimum absolute atomic E-state index is 0.0215. The van der Waals surface area contributed by atoms with E-state index in [2.05, 4.69) is 4.74 Å². The van der Waals surface area contributed by atoms with Crippen LogP contribution >= 0.6 is 0 Å². The fourth-order valence-corrected chi connectivity index (χ4v) is 2.76. The summed E-state index contributed by atoms with van der Waals surface area (Å²) in [6.45, 7) is 0.279. The average Bonchev–Trinajstić information content (AvgIpc) is 2.41. The Hall–Kier alpha value is -1.76. The van der Waals surface area contributed by atoms with Crippen LogP contribution in [0, 0.1) is 0 Å². The minimum atomic E-state index is -3.25. The number of benzene rings is 1. The Bertz CT molecular complexity index is 541. The zero-order valence-electron chi connectivity index (χ0n) is 11.4. The van der Waals surface area contributed by atoms with Gasteiger partial charge in [-0.1, -0.05) is 6.07 Å². The second kappa shape index (κ2) is 7.74. The van der Waals surface area contributed by atoms with Gasteiger partial charge < -0.3 is 15.2 Å². The molecule has 0 aromatic heterocycles. The van der Waals surface area contributed by atoms with Gasteiger partial charge in [0, 0.05) is 11.8 Å². The summed E-state index contributed by atoms with van der Waals surface area (Å²) in [6, 6.07) is 6.93. The molecule has 20 heavy (non-hydrogen) atoms. The molecule has 0 atom stereocenters. The molecule has 0 spiro atoms. The molecule has 0 radical (unpaired) electrons. The van der Waals surface area contributed by atoms with Gasteiger partial charge in [-0.2, -0.15) is 0 Å². The summed E-state index contributed by atoms with van der Waals surface area (Å²) in [7, 11) is -2.02. The number of anilines is 1. The van der Waals surface area contributed by atoms with Crippen molar-refractivity contribution in [2.45, 2.75) is 12.8 Å². The van der Waals surface area contributed by atoms with Gasteiger partial charge in [-0.25, -0.2) is 8.42 Å². The van der Waals surface area contributed by atoms with Crippen molar-refractivity contribution in [1.29, 1.82) is 0 Å². The zero-order chi connectivity index (χ0) is 15.0. The normalized spacial score (nSPS) is 11.1. The number of hydrogen-bond donors (Lipinski definition) is 1. The number of esters is 1. The van der Waals surface area contributed by atoms with E-state index in [0.29, 0.717) is 17.9 Å². The number of ether oxygens (including phenoxy) is 2. The van der Waals surface area contributed by atoms with Gasteiger partial charge in [0.2, 0.25) is 0 Å². The van der Waals surface area contributed by atoms with Crippen molar-refractivity contribution in [1.82, 2.24) is 0 Å². The lowest BCUT2D eigenvalue weighted by molar-refractivity contribution is -0.140. The van der Waals surface area contributed by atoms with Gasteiger partial charge in [0.1, 0.15) is 5.75 Å². The number of carbonyl (C=O) groups is 1. The highest BCUT2D eigenvalue weighted by molar-refractivity contribution is 7.91. The van der Waals surface area contributed by atoms with Crippen molar-refractivity contribution < 1.29 is 22.7 Å². The van der Waals surface area contributed by atoms with Crippen LogP contribution in [-0.2, 0) is 19.4 Å². The molecule has 2 N–H and O–H groups in total. The molecular formula is C13H19NO5S. The summed E-state index contributed by atoms with van der Waals surface area (Å²) in [4.78, 5) is 10.9. The molecule has 0 aliphatic heterocycles. The number of methoxy groups -OCH3 is 1. The lowest BCUT2D eigenvalue weighted by Gasteiger charge is -2.07. The summed E-state index contributed by atoms with van der Waals surface area (Å²) >= 11 is 0. The Morgan fingerprint density at radius 1 is 1.30 bits per heavy atom. The molecule has 0 aliphatic carbocycles. The summed E-state index contributed by atoms with van der Waals surface area (Å²) in [5, 5.41) is 0. The molecule has 112 valence electrons. The van der Waals surface area contributed by atoms with E-state index >= 15 is 0 Å². The van der Waals surface area contributed by atoms with Crippen LogP contribution in [0.5, 0.6) is 5.75 Å². The van der Waals surface area contributed by atoms with Crippen molar-refractivity contribution in [3.05, 3.63) is 24.3 Å². The molecular weight excluding hydrogens is 282 g/mol. The molecule has 0 amide bonds. The molecule has 1 aromatic carbocycles. The lowest BCUT2D eigenvalue weighted by Crippen LogP contribution is -2.16. The highest BCUT2D eigenvalue weighted by Gasteiger charge is 2.13. The van der Waals surface area contributed by atoms with Crippen LogP contribution in [0.2, 0.25) is 0 Å². The van der Waals surface area contributed by atoms with Gasteiger partial charge in [0.25, 0.3) is 0 Å². The third-order valence-electron chi connectivity index (χ3n) is 2.57. The van der Waals surface area contributed by atoms with Crippen LogP contribution in [0.1, 0.15) is 12.8 Å². The molecule has 0 aliphatic rings. The zero-order valence-corrected chi connectivity index (χ0v) is 12.2. The summed E-state index contributed by atoms with van der Waals surface area (Å²) in [6.07, 6.45) is 0.243. The first-order valence-corrected chi connectivity index (χ1v) is 8.00. The quantitative estimate of drug-likeness (QED) is 0.437. The van der Waals surface area contributed by atoms with E-state index in [1.54, 1.807) is 24.3 Å². The fraction of sp³-hybridized carbons (Fsp3) is 0.462. The van der Waals surface area contributed by atoms with Crippen molar-refractivity contribution in [3.8, 4) is 5.75 Å². The van der Waals surface area contributed by atoms with Crippen molar-refractivity contribution in [2.75, 3.05) is 31.0 Å². The van der Waals surface area contributed by atoms with Crippen LogP contribution < -0.4 is 10.5 Å². The van der Waals surface area contributed by atoms with E-state index in [4.69, 9.17) is 10.5 Å². The Kier molecular flexibility index (Phi) is 6.30. The lowest BCUT2D eigenvalue weighted by atomic mass is 10.3. The van der Waals surface area contributed by atoms with E-state index in [1.807, 2.05) is 0 Å². The van der Waals surface area contributed by atoms with E-state index < -0.39 is 15.8 Å². The maximum atomic E-state index is 11.6. The number of hydrogen-bond acceptors (Lipinski definition) is 6. The third kappa shape index (κ3) is 6.42. The number of sulfone groups is 1. The summed E-state index contributed by atoms with van der Waals surface area (Å²) in [5.41, 5.74) is 6.18. The topological polar surface area (TPSA) is 95.7 Å². The predicted octanol–water partition coefficient (Wildman–Crippen LogP) is 1.02. The number of carbonyl (C=O) groups excluding carboxylic acids is 1. The molecule has 7 heteroatoms. The van der Waals surface area contributed by atoms with E-state index in [9.17, 15) is 13.2 Å². The first-order chi connectivity index (χ1) is 9.43. The van der Waals surface area contributed by atoms with Crippen molar-refractivity contribution in [3.63, 3.8) is 0 Å². The first-order valence-electron chi connectivity index (χ1n) is 6.18.